The van der Waals surface area contributed by atoms with Gasteiger partial charge in [0.25, 0.3) is 0 Å². The Balaban J connectivity index is 1.73. The van der Waals surface area contributed by atoms with Gasteiger partial charge < -0.3 is 10.5 Å². The molecule has 2 heterocycles. The molecule has 0 spiro atoms. The van der Waals surface area contributed by atoms with E-state index >= 15 is 0 Å². The molecule has 0 aromatic carbocycles. The summed E-state index contributed by atoms with van der Waals surface area (Å²) >= 11 is 6.13. The summed E-state index contributed by atoms with van der Waals surface area (Å²) in [7, 11) is 0. The molecule has 1 aromatic heterocycles. The second kappa shape index (κ2) is 7.80. The van der Waals surface area contributed by atoms with Gasteiger partial charge in [0.1, 0.15) is 0 Å². The Morgan fingerprint density at radius 2 is 2.21 bits per heavy atom. The second-order valence-corrected chi connectivity index (χ2v) is 5.36. The van der Waals surface area contributed by atoms with Crippen LogP contribution in [0.25, 0.3) is 0 Å². The number of nitrogens with two attached hydrogens (primary N) is 1. The van der Waals surface area contributed by atoms with Gasteiger partial charge in [-0.05, 0) is 37.4 Å². The smallest absolute Gasteiger partial charge is 0.0634 e. The van der Waals surface area contributed by atoms with Crippen molar-refractivity contribution in [2.24, 2.45) is 5.73 Å². The van der Waals surface area contributed by atoms with E-state index in [9.17, 15) is 0 Å². The predicted molar refractivity (Wildman–Crippen MR) is 77.2 cm³/mol. The molecule has 0 atom stereocenters. The minimum Gasteiger partial charge on any atom is -0.378 e. The molecule has 0 amide bonds. The van der Waals surface area contributed by atoms with Gasteiger partial charge in [-0.15, -0.1) is 0 Å². The van der Waals surface area contributed by atoms with E-state index in [1.54, 1.807) is 12.4 Å². The van der Waals surface area contributed by atoms with Crippen LogP contribution in [0.3, 0.4) is 0 Å². The molecule has 0 bridgehead atoms. The van der Waals surface area contributed by atoms with Crippen LogP contribution in [0.2, 0.25) is 5.02 Å². The first-order chi connectivity index (χ1) is 9.29. The van der Waals surface area contributed by atoms with Crippen molar-refractivity contribution in [1.82, 2.24) is 9.88 Å². The Hall–Kier alpha value is -0.680. The van der Waals surface area contributed by atoms with Crippen LogP contribution < -0.4 is 5.73 Å². The summed E-state index contributed by atoms with van der Waals surface area (Å²) in [5, 5.41) is 0.754. The topological polar surface area (TPSA) is 51.4 Å². The molecule has 5 heteroatoms. The Morgan fingerprint density at radius 3 is 2.89 bits per heavy atom. The van der Waals surface area contributed by atoms with E-state index in [-0.39, 0.29) is 0 Å². The maximum Gasteiger partial charge on any atom is 0.0634 e. The molecule has 2 rings (SSSR count). The normalized spacial score (nSPS) is 17.8. The molecule has 1 aliphatic rings. The minimum absolute atomic E-state index is 0.399. The Morgan fingerprint density at radius 1 is 1.42 bits per heavy atom. The third-order valence-electron chi connectivity index (χ3n) is 3.49. The third kappa shape index (κ3) is 4.73. The first kappa shape index (κ1) is 14.7. The highest BCUT2D eigenvalue weighted by Gasteiger charge is 2.19. The maximum atomic E-state index is 6.13. The number of hydrogen-bond acceptors (Lipinski definition) is 4. The van der Waals surface area contributed by atoms with Crippen LogP contribution in [0.4, 0.5) is 0 Å². The van der Waals surface area contributed by atoms with Gasteiger partial charge in [-0.3, -0.25) is 9.88 Å². The van der Waals surface area contributed by atoms with Crippen molar-refractivity contribution in [3.63, 3.8) is 0 Å². The van der Waals surface area contributed by atoms with Crippen molar-refractivity contribution < 1.29 is 4.74 Å². The number of aromatic nitrogens is 1. The summed E-state index contributed by atoms with van der Waals surface area (Å²) in [6.07, 6.45) is 7.03. The molecule has 19 heavy (non-hydrogen) atoms. The van der Waals surface area contributed by atoms with E-state index in [2.05, 4.69) is 9.88 Å². The first-order valence-corrected chi connectivity index (χ1v) is 7.30. The van der Waals surface area contributed by atoms with Gasteiger partial charge in [-0.25, -0.2) is 0 Å². The van der Waals surface area contributed by atoms with Crippen molar-refractivity contribution in [1.29, 1.82) is 0 Å². The summed E-state index contributed by atoms with van der Waals surface area (Å²) in [6, 6.07) is 1.99. The fraction of sp³-hybridized carbons (Fsp3) is 0.643. The van der Waals surface area contributed by atoms with Gasteiger partial charge in [0.2, 0.25) is 0 Å². The number of hydrogen-bond donors (Lipinski definition) is 1. The van der Waals surface area contributed by atoms with Crippen LogP contribution in [-0.4, -0.2) is 42.2 Å². The van der Waals surface area contributed by atoms with Gasteiger partial charge in [0.15, 0.2) is 0 Å². The van der Waals surface area contributed by atoms with E-state index in [1.807, 2.05) is 6.07 Å². The van der Waals surface area contributed by atoms with Crippen LogP contribution in [0.5, 0.6) is 0 Å². The van der Waals surface area contributed by atoms with Gasteiger partial charge >= 0.3 is 0 Å². The number of halogens is 1. The van der Waals surface area contributed by atoms with Crippen molar-refractivity contribution in [2.45, 2.75) is 31.9 Å². The average Bonchev–Trinajstić information content (AvgIpc) is 2.44. The summed E-state index contributed by atoms with van der Waals surface area (Å²) in [5.74, 6) is 0. The van der Waals surface area contributed by atoms with Crippen LogP contribution in [0, 0.1) is 0 Å². The molecule has 0 saturated carbocycles. The van der Waals surface area contributed by atoms with Crippen molar-refractivity contribution in [2.75, 3.05) is 26.2 Å². The highest BCUT2D eigenvalue weighted by molar-refractivity contribution is 6.31. The monoisotopic (exact) mass is 283 g/mol. The number of piperidine rings is 1. The molecule has 106 valence electrons. The summed E-state index contributed by atoms with van der Waals surface area (Å²) in [4.78, 5) is 6.43. The van der Waals surface area contributed by atoms with E-state index < -0.39 is 0 Å². The zero-order valence-corrected chi connectivity index (χ0v) is 12.0. The molecule has 1 fully saturated rings. The number of pyridine rings is 1. The summed E-state index contributed by atoms with van der Waals surface area (Å²) in [5.41, 5.74) is 6.61. The summed E-state index contributed by atoms with van der Waals surface area (Å²) in [6.45, 7) is 4.52. The van der Waals surface area contributed by atoms with Crippen molar-refractivity contribution >= 4 is 11.6 Å². The average molecular weight is 284 g/mol. The molecule has 2 N–H and O–H groups in total. The molecular formula is C14H22ClN3O. The van der Waals surface area contributed by atoms with Gasteiger partial charge in [0.05, 0.1) is 11.1 Å². The fourth-order valence-electron chi connectivity index (χ4n) is 2.34. The molecule has 0 aliphatic carbocycles. The predicted octanol–water partition coefficient (Wildman–Crippen LogP) is 2.06. The zero-order chi connectivity index (χ0) is 13.5. The molecule has 4 nitrogen and oxygen atoms in total. The van der Waals surface area contributed by atoms with E-state index in [4.69, 9.17) is 22.1 Å². The zero-order valence-electron chi connectivity index (χ0n) is 11.2. The fourth-order valence-corrected chi connectivity index (χ4v) is 2.52. The quantitative estimate of drug-likeness (QED) is 0.812. The van der Waals surface area contributed by atoms with Crippen molar-refractivity contribution in [3.8, 4) is 0 Å². The summed E-state index contributed by atoms with van der Waals surface area (Å²) < 4.78 is 5.80. The molecule has 0 unspecified atom stereocenters. The number of nitrogens with zero attached hydrogens (tertiary/aromatic N) is 2. The second-order valence-electron chi connectivity index (χ2n) is 4.96. The minimum atomic E-state index is 0.399. The number of ether oxygens (including phenoxy) is 1. The lowest BCUT2D eigenvalue weighted by Crippen LogP contribution is -2.36. The van der Waals surface area contributed by atoms with E-state index in [0.717, 1.165) is 56.1 Å². The van der Waals surface area contributed by atoms with E-state index in [1.165, 1.54) is 0 Å². The van der Waals surface area contributed by atoms with Gasteiger partial charge in [0, 0.05) is 38.6 Å². The van der Waals surface area contributed by atoms with E-state index in [0.29, 0.717) is 12.6 Å². The molecule has 1 aliphatic heterocycles. The lowest BCUT2D eigenvalue weighted by molar-refractivity contribution is 0.00563. The third-order valence-corrected chi connectivity index (χ3v) is 3.83. The Bertz CT molecular complexity index is 381. The van der Waals surface area contributed by atoms with Gasteiger partial charge in [-0.2, -0.15) is 0 Å². The SMILES string of the molecule is NCCCOC1CCN(Cc2ccncc2Cl)CC1. The van der Waals surface area contributed by atoms with Crippen LogP contribution >= 0.6 is 11.6 Å². The number of rotatable bonds is 6. The van der Waals surface area contributed by atoms with Crippen LogP contribution in [-0.2, 0) is 11.3 Å². The molecule has 1 aromatic rings. The van der Waals surface area contributed by atoms with Gasteiger partial charge in [-0.1, -0.05) is 11.6 Å². The van der Waals surface area contributed by atoms with Crippen LogP contribution in [0.1, 0.15) is 24.8 Å². The highest BCUT2D eigenvalue weighted by Crippen LogP contribution is 2.20. The molecular weight excluding hydrogens is 262 g/mol. The standard InChI is InChI=1S/C14H22ClN3O/c15-14-10-17-6-2-12(14)11-18-7-3-13(4-8-18)19-9-1-5-16/h2,6,10,13H,1,3-5,7-9,11,16H2. The largest absolute Gasteiger partial charge is 0.378 e. The first-order valence-electron chi connectivity index (χ1n) is 6.92. The molecule has 1 saturated heterocycles. The van der Waals surface area contributed by atoms with Crippen LogP contribution in [0.15, 0.2) is 18.5 Å². The maximum absolute atomic E-state index is 6.13. The Kier molecular flexibility index (Phi) is 6.04. The molecule has 0 radical (unpaired) electrons. The lowest BCUT2D eigenvalue weighted by Gasteiger charge is -2.32. The number of likely N-dealkylation sites (tertiary alicyclic amines) is 1. The Labute approximate surface area is 119 Å². The highest BCUT2D eigenvalue weighted by atomic mass is 35.5. The lowest BCUT2D eigenvalue weighted by atomic mass is 10.1. The van der Waals surface area contributed by atoms with Crippen molar-refractivity contribution in [3.05, 3.63) is 29.0 Å².